The molecule has 4 aromatic rings. The van der Waals surface area contributed by atoms with Crippen molar-refractivity contribution in [2.24, 2.45) is 0 Å². The van der Waals surface area contributed by atoms with Crippen molar-refractivity contribution in [1.82, 2.24) is 29.9 Å². The number of amides is 1. The first-order valence-corrected chi connectivity index (χ1v) is 8.43. The number of nitrogens with zero attached hydrogens (tertiary/aromatic N) is 5. The molecule has 0 saturated carbocycles. The van der Waals surface area contributed by atoms with Crippen molar-refractivity contribution >= 4 is 22.6 Å². The molecule has 0 spiro atoms. The zero-order valence-electron chi connectivity index (χ0n) is 14.6. The molecule has 0 atom stereocenters. The first kappa shape index (κ1) is 16.1. The van der Waals surface area contributed by atoms with Gasteiger partial charge in [-0.25, -0.2) is 9.97 Å². The Kier molecular flexibility index (Phi) is 4.04. The normalized spacial score (nSPS) is 11.2. The Morgan fingerprint density at radius 1 is 1.04 bits per heavy atom. The maximum Gasteiger partial charge on any atom is 0.251 e. The maximum atomic E-state index is 12.4. The molecule has 0 aliphatic carbocycles. The van der Waals surface area contributed by atoms with Crippen molar-refractivity contribution in [2.45, 2.75) is 20.3 Å². The van der Waals surface area contributed by atoms with Crippen LogP contribution in [0.1, 0.15) is 27.6 Å². The summed E-state index contributed by atoms with van der Waals surface area (Å²) in [6, 6.07) is 11.1. The van der Waals surface area contributed by atoms with E-state index < -0.39 is 0 Å². The molecule has 0 fully saturated rings. The standard InChI is InChI=1S/C19H18N6O/c1-12-13(2)22-16-11-14(6-7-15(16)21-12)19(26)20-9-8-18-24-23-17-5-3-4-10-25(17)18/h3-7,10-11H,8-9H2,1-2H3,(H,20,26). The molecule has 4 rings (SSSR count). The molecule has 1 amide bonds. The summed E-state index contributed by atoms with van der Waals surface area (Å²) in [5, 5.41) is 11.2. The van der Waals surface area contributed by atoms with E-state index in [2.05, 4.69) is 25.5 Å². The molecule has 0 bridgehead atoms. The third-order valence-corrected chi connectivity index (χ3v) is 4.36. The summed E-state index contributed by atoms with van der Waals surface area (Å²) >= 11 is 0. The predicted octanol–water partition coefficient (Wildman–Crippen LogP) is 2.26. The average molecular weight is 346 g/mol. The monoisotopic (exact) mass is 346 g/mol. The van der Waals surface area contributed by atoms with E-state index in [0.29, 0.717) is 18.5 Å². The third-order valence-electron chi connectivity index (χ3n) is 4.36. The Bertz CT molecular complexity index is 1120. The summed E-state index contributed by atoms with van der Waals surface area (Å²) < 4.78 is 1.92. The van der Waals surface area contributed by atoms with Gasteiger partial charge >= 0.3 is 0 Å². The number of carbonyl (C=O) groups is 1. The van der Waals surface area contributed by atoms with Crippen LogP contribution in [0.3, 0.4) is 0 Å². The molecule has 0 unspecified atom stereocenters. The van der Waals surface area contributed by atoms with Crippen molar-refractivity contribution in [3.8, 4) is 0 Å². The SMILES string of the molecule is Cc1nc2ccc(C(=O)NCCc3nnc4ccccn34)cc2nc1C. The Balaban J connectivity index is 1.46. The Morgan fingerprint density at radius 3 is 2.69 bits per heavy atom. The van der Waals surface area contributed by atoms with Gasteiger partial charge in [-0.3, -0.25) is 9.20 Å². The number of aromatic nitrogens is 5. The number of rotatable bonds is 4. The van der Waals surface area contributed by atoms with E-state index in [1.54, 1.807) is 12.1 Å². The average Bonchev–Trinajstić information content (AvgIpc) is 3.05. The number of hydrogen-bond acceptors (Lipinski definition) is 5. The predicted molar refractivity (Wildman–Crippen MR) is 98.0 cm³/mol. The zero-order valence-corrected chi connectivity index (χ0v) is 14.6. The van der Waals surface area contributed by atoms with E-state index >= 15 is 0 Å². The van der Waals surface area contributed by atoms with E-state index in [1.165, 1.54) is 0 Å². The number of fused-ring (bicyclic) bond motifs is 2. The second-order valence-corrected chi connectivity index (χ2v) is 6.15. The Morgan fingerprint density at radius 2 is 1.85 bits per heavy atom. The van der Waals surface area contributed by atoms with Crippen molar-refractivity contribution in [2.75, 3.05) is 6.54 Å². The minimum atomic E-state index is -0.138. The highest BCUT2D eigenvalue weighted by Crippen LogP contribution is 2.14. The number of nitrogens with one attached hydrogen (secondary N) is 1. The van der Waals surface area contributed by atoms with Crippen LogP contribution in [0.5, 0.6) is 0 Å². The molecule has 0 radical (unpaired) electrons. The van der Waals surface area contributed by atoms with Gasteiger partial charge in [0.15, 0.2) is 5.65 Å². The quantitative estimate of drug-likeness (QED) is 0.613. The number of carbonyl (C=O) groups excluding carboxylic acids is 1. The van der Waals surface area contributed by atoms with Gasteiger partial charge < -0.3 is 5.32 Å². The number of pyridine rings is 1. The van der Waals surface area contributed by atoms with E-state index in [4.69, 9.17) is 0 Å². The van der Waals surface area contributed by atoms with Crippen LogP contribution in [0.2, 0.25) is 0 Å². The molecule has 0 saturated heterocycles. The first-order chi connectivity index (χ1) is 12.6. The third kappa shape index (κ3) is 2.99. The van der Waals surface area contributed by atoms with E-state index in [0.717, 1.165) is 33.9 Å². The van der Waals surface area contributed by atoms with E-state index in [-0.39, 0.29) is 5.91 Å². The van der Waals surface area contributed by atoms with Crippen LogP contribution in [-0.2, 0) is 6.42 Å². The molecular formula is C19H18N6O. The summed E-state index contributed by atoms with van der Waals surface area (Å²) in [7, 11) is 0. The molecule has 130 valence electrons. The minimum Gasteiger partial charge on any atom is -0.352 e. The smallest absolute Gasteiger partial charge is 0.251 e. The van der Waals surface area contributed by atoms with Gasteiger partial charge in [0.1, 0.15) is 5.82 Å². The van der Waals surface area contributed by atoms with Crippen LogP contribution in [0.4, 0.5) is 0 Å². The zero-order chi connectivity index (χ0) is 18.1. The second-order valence-electron chi connectivity index (χ2n) is 6.15. The number of benzene rings is 1. The van der Waals surface area contributed by atoms with E-state index in [9.17, 15) is 4.79 Å². The molecule has 3 heterocycles. The fraction of sp³-hybridized carbons (Fsp3) is 0.211. The van der Waals surface area contributed by atoms with Crippen LogP contribution < -0.4 is 5.32 Å². The lowest BCUT2D eigenvalue weighted by molar-refractivity contribution is 0.0954. The molecule has 0 aliphatic heterocycles. The minimum absolute atomic E-state index is 0.138. The van der Waals surface area contributed by atoms with Gasteiger partial charge in [-0.05, 0) is 44.2 Å². The molecule has 0 aliphatic rings. The van der Waals surface area contributed by atoms with E-state index in [1.807, 2.05) is 48.7 Å². The molecule has 3 aromatic heterocycles. The summed E-state index contributed by atoms with van der Waals surface area (Å²) in [5.74, 6) is 0.678. The highest BCUT2D eigenvalue weighted by molar-refractivity contribution is 5.97. The van der Waals surface area contributed by atoms with Crippen molar-refractivity contribution < 1.29 is 4.79 Å². The van der Waals surface area contributed by atoms with Crippen molar-refractivity contribution in [3.63, 3.8) is 0 Å². The largest absolute Gasteiger partial charge is 0.352 e. The fourth-order valence-electron chi connectivity index (χ4n) is 2.82. The molecule has 26 heavy (non-hydrogen) atoms. The summed E-state index contributed by atoms with van der Waals surface area (Å²) in [6.07, 6.45) is 2.52. The summed E-state index contributed by atoms with van der Waals surface area (Å²) in [4.78, 5) is 21.4. The van der Waals surface area contributed by atoms with Crippen LogP contribution in [0.25, 0.3) is 16.7 Å². The van der Waals surface area contributed by atoms with Gasteiger partial charge in [0.05, 0.1) is 22.4 Å². The van der Waals surface area contributed by atoms with Gasteiger partial charge in [0.25, 0.3) is 5.91 Å². The topological polar surface area (TPSA) is 85.1 Å². The summed E-state index contributed by atoms with van der Waals surface area (Å²) in [6.45, 7) is 4.32. The van der Waals surface area contributed by atoms with Crippen molar-refractivity contribution in [1.29, 1.82) is 0 Å². The van der Waals surface area contributed by atoms with Crippen LogP contribution >= 0.6 is 0 Å². The first-order valence-electron chi connectivity index (χ1n) is 8.43. The highest BCUT2D eigenvalue weighted by Gasteiger charge is 2.10. The Labute approximate surface area is 150 Å². The second kappa shape index (κ2) is 6.51. The molecular weight excluding hydrogens is 328 g/mol. The van der Waals surface area contributed by atoms with Gasteiger partial charge in [-0.1, -0.05) is 6.07 Å². The highest BCUT2D eigenvalue weighted by atomic mass is 16.1. The lowest BCUT2D eigenvalue weighted by Crippen LogP contribution is -2.26. The van der Waals surface area contributed by atoms with Crippen LogP contribution in [0.15, 0.2) is 42.6 Å². The summed E-state index contributed by atoms with van der Waals surface area (Å²) in [5.41, 5.74) is 4.65. The van der Waals surface area contributed by atoms with Gasteiger partial charge in [-0.2, -0.15) is 0 Å². The Hall–Kier alpha value is -3.35. The van der Waals surface area contributed by atoms with Crippen LogP contribution in [0, 0.1) is 13.8 Å². The number of hydrogen-bond donors (Lipinski definition) is 1. The number of aryl methyl sites for hydroxylation is 2. The van der Waals surface area contributed by atoms with Crippen LogP contribution in [-0.4, -0.2) is 37.0 Å². The molecule has 7 heteroatoms. The van der Waals surface area contributed by atoms with Gasteiger partial charge in [0.2, 0.25) is 0 Å². The van der Waals surface area contributed by atoms with Gasteiger partial charge in [-0.15, -0.1) is 10.2 Å². The lowest BCUT2D eigenvalue weighted by Gasteiger charge is -2.07. The fourth-order valence-corrected chi connectivity index (χ4v) is 2.82. The maximum absolute atomic E-state index is 12.4. The van der Waals surface area contributed by atoms with Gasteiger partial charge in [0, 0.05) is 24.7 Å². The lowest BCUT2D eigenvalue weighted by atomic mass is 10.1. The molecule has 7 nitrogen and oxygen atoms in total. The van der Waals surface area contributed by atoms with Crippen molar-refractivity contribution in [3.05, 3.63) is 65.4 Å². The molecule has 1 N–H and O–H groups in total. The molecule has 1 aromatic carbocycles.